The van der Waals surface area contributed by atoms with Gasteiger partial charge in [0.05, 0.1) is 19.8 Å². The van der Waals surface area contributed by atoms with Gasteiger partial charge in [-0.2, -0.15) is 0 Å². The molecule has 0 aromatic heterocycles. The SMILES string of the molecule is CCCCCCC(CCCC(=O)OCC(CCCCC)CCCCC)OC(=O)OCCCCN(CCCCO)CCN(CC)CCCCOCc1ccccc1. The summed E-state index contributed by atoms with van der Waals surface area (Å²) >= 11 is 0. The van der Waals surface area contributed by atoms with E-state index in [0.717, 1.165) is 123 Å². The first-order valence-electron chi connectivity index (χ1n) is 23.1. The molecule has 1 aromatic rings. The highest BCUT2D eigenvalue weighted by atomic mass is 16.7. The molecule has 1 unspecified atom stereocenters. The molecule has 0 aliphatic heterocycles. The van der Waals surface area contributed by atoms with E-state index in [9.17, 15) is 14.7 Å². The number of ether oxygens (including phenoxy) is 4. The summed E-state index contributed by atoms with van der Waals surface area (Å²) in [5.74, 6) is 0.320. The van der Waals surface area contributed by atoms with E-state index in [2.05, 4.69) is 49.6 Å². The second-order valence-electron chi connectivity index (χ2n) is 15.8. The average molecular weight is 791 g/mol. The Morgan fingerprint density at radius 1 is 0.607 bits per heavy atom. The Labute approximate surface area is 343 Å². The van der Waals surface area contributed by atoms with Gasteiger partial charge in [-0.05, 0) is 115 Å². The Balaban J connectivity index is 2.42. The van der Waals surface area contributed by atoms with Crippen molar-refractivity contribution in [2.75, 3.05) is 65.7 Å². The summed E-state index contributed by atoms with van der Waals surface area (Å²) in [7, 11) is 0. The minimum Gasteiger partial charge on any atom is -0.465 e. The molecule has 0 spiro atoms. The summed E-state index contributed by atoms with van der Waals surface area (Å²) < 4.78 is 23.0. The number of hydrogen-bond acceptors (Lipinski definition) is 9. The molecule has 9 heteroatoms. The molecule has 326 valence electrons. The van der Waals surface area contributed by atoms with Gasteiger partial charge in [-0.15, -0.1) is 0 Å². The maximum Gasteiger partial charge on any atom is 0.508 e. The van der Waals surface area contributed by atoms with Crippen molar-refractivity contribution in [2.45, 2.75) is 182 Å². The summed E-state index contributed by atoms with van der Waals surface area (Å²) in [6.45, 7) is 17.4. The van der Waals surface area contributed by atoms with Crippen molar-refractivity contribution in [3.63, 3.8) is 0 Å². The fourth-order valence-corrected chi connectivity index (χ4v) is 7.06. The van der Waals surface area contributed by atoms with Crippen LogP contribution in [0, 0.1) is 5.92 Å². The third-order valence-electron chi connectivity index (χ3n) is 10.7. The number of benzene rings is 1. The fourth-order valence-electron chi connectivity index (χ4n) is 7.06. The lowest BCUT2D eigenvalue weighted by atomic mass is 9.96. The second kappa shape index (κ2) is 38.3. The second-order valence-corrected chi connectivity index (χ2v) is 15.8. The molecule has 0 amide bonds. The maximum atomic E-state index is 12.7. The van der Waals surface area contributed by atoms with Crippen LogP contribution in [0.15, 0.2) is 30.3 Å². The number of unbranched alkanes of at least 4 members (excludes halogenated alkanes) is 10. The first kappa shape index (κ1) is 51.8. The smallest absolute Gasteiger partial charge is 0.465 e. The minimum absolute atomic E-state index is 0.138. The van der Waals surface area contributed by atoms with Crippen LogP contribution in [0.25, 0.3) is 0 Å². The van der Waals surface area contributed by atoms with Gasteiger partial charge in [-0.1, -0.05) is 116 Å². The van der Waals surface area contributed by atoms with Crippen LogP contribution in [0.4, 0.5) is 4.79 Å². The van der Waals surface area contributed by atoms with E-state index in [-0.39, 0.29) is 18.7 Å². The van der Waals surface area contributed by atoms with Gasteiger partial charge in [0.1, 0.15) is 6.10 Å². The monoisotopic (exact) mass is 791 g/mol. The van der Waals surface area contributed by atoms with Crippen LogP contribution in [0.5, 0.6) is 0 Å². The minimum atomic E-state index is -0.598. The zero-order chi connectivity index (χ0) is 40.7. The standard InChI is InChI=1S/C47H86N2O7/c1-5-9-12-18-30-45(31-25-32-46(51)55-42-44(26-14-10-6-2)27-15-11-7-3)56-47(52)54-40-24-21-35-49(34-19-22-38-50)37-36-48(8-4)33-20-23-39-53-41-43-28-16-13-17-29-43/h13,16-17,28-29,44-45,50H,5-12,14-15,18-27,30-42H2,1-4H3. The predicted molar refractivity (Wildman–Crippen MR) is 231 cm³/mol. The molecule has 1 rings (SSSR count). The topological polar surface area (TPSA) is 97.8 Å². The highest BCUT2D eigenvalue weighted by molar-refractivity contribution is 5.69. The van der Waals surface area contributed by atoms with Gasteiger partial charge in [-0.25, -0.2) is 4.79 Å². The van der Waals surface area contributed by atoms with E-state index in [0.29, 0.717) is 45.0 Å². The van der Waals surface area contributed by atoms with E-state index in [1.807, 2.05) is 18.2 Å². The Morgan fingerprint density at radius 3 is 1.86 bits per heavy atom. The molecule has 0 saturated heterocycles. The molecule has 9 nitrogen and oxygen atoms in total. The Kier molecular flexibility index (Phi) is 35.5. The van der Waals surface area contributed by atoms with Crippen molar-refractivity contribution in [1.29, 1.82) is 0 Å². The predicted octanol–water partition coefficient (Wildman–Crippen LogP) is 11.1. The number of likely N-dealkylation sites (N-methyl/N-ethyl adjacent to an activating group) is 1. The lowest BCUT2D eigenvalue weighted by molar-refractivity contribution is -0.145. The molecule has 56 heavy (non-hydrogen) atoms. The summed E-state index contributed by atoms with van der Waals surface area (Å²) in [5, 5.41) is 9.35. The number of carbonyl (C=O) groups excluding carboxylic acids is 2. The molecule has 0 aliphatic rings. The van der Waals surface area contributed by atoms with Gasteiger partial charge in [0.15, 0.2) is 0 Å². The fraction of sp³-hybridized carbons (Fsp3) is 0.830. The lowest BCUT2D eigenvalue weighted by Crippen LogP contribution is -2.37. The van der Waals surface area contributed by atoms with Crippen LogP contribution >= 0.6 is 0 Å². The Morgan fingerprint density at radius 2 is 1.20 bits per heavy atom. The Bertz CT molecular complexity index is 1000. The van der Waals surface area contributed by atoms with E-state index in [1.54, 1.807) is 0 Å². The van der Waals surface area contributed by atoms with E-state index in [1.165, 1.54) is 50.5 Å². The van der Waals surface area contributed by atoms with Crippen molar-refractivity contribution in [2.24, 2.45) is 5.92 Å². The molecular formula is C47H86N2O7. The molecule has 0 aliphatic carbocycles. The molecule has 0 heterocycles. The van der Waals surface area contributed by atoms with Crippen LogP contribution < -0.4 is 0 Å². The Hall–Kier alpha value is -2.20. The van der Waals surface area contributed by atoms with Crippen molar-refractivity contribution in [3.8, 4) is 0 Å². The van der Waals surface area contributed by atoms with Gasteiger partial charge in [0.25, 0.3) is 0 Å². The summed E-state index contributed by atoms with van der Waals surface area (Å²) in [4.78, 5) is 30.4. The first-order chi connectivity index (χ1) is 27.4. The van der Waals surface area contributed by atoms with Gasteiger partial charge in [-0.3, -0.25) is 4.79 Å². The zero-order valence-corrected chi connectivity index (χ0v) is 36.7. The van der Waals surface area contributed by atoms with Crippen molar-refractivity contribution in [1.82, 2.24) is 9.80 Å². The van der Waals surface area contributed by atoms with Crippen LogP contribution in [-0.4, -0.2) is 98.8 Å². The van der Waals surface area contributed by atoms with E-state index in [4.69, 9.17) is 18.9 Å². The molecule has 1 atom stereocenters. The zero-order valence-electron chi connectivity index (χ0n) is 36.7. The number of hydrogen-bond donors (Lipinski definition) is 1. The normalized spacial score (nSPS) is 12.1. The average Bonchev–Trinajstić information content (AvgIpc) is 3.20. The molecule has 0 saturated carbocycles. The maximum absolute atomic E-state index is 12.7. The highest BCUT2D eigenvalue weighted by Gasteiger charge is 2.18. The van der Waals surface area contributed by atoms with Crippen LogP contribution in [0.1, 0.15) is 175 Å². The number of aliphatic hydroxyl groups excluding tert-OH is 1. The van der Waals surface area contributed by atoms with Crippen molar-refractivity contribution >= 4 is 12.1 Å². The third-order valence-corrected chi connectivity index (χ3v) is 10.7. The van der Waals surface area contributed by atoms with Crippen LogP contribution in [0.2, 0.25) is 0 Å². The number of aliphatic hydroxyl groups is 1. The summed E-state index contributed by atoms with van der Waals surface area (Å²) in [6, 6.07) is 10.3. The van der Waals surface area contributed by atoms with Crippen molar-refractivity contribution in [3.05, 3.63) is 35.9 Å². The summed E-state index contributed by atoms with van der Waals surface area (Å²) in [5.41, 5.74) is 1.22. The van der Waals surface area contributed by atoms with Gasteiger partial charge < -0.3 is 33.9 Å². The van der Waals surface area contributed by atoms with Gasteiger partial charge in [0, 0.05) is 32.7 Å². The van der Waals surface area contributed by atoms with Crippen molar-refractivity contribution < 1.29 is 33.6 Å². The number of rotatable bonds is 40. The summed E-state index contributed by atoms with van der Waals surface area (Å²) in [6.07, 6.45) is 21.2. The molecule has 0 fully saturated rings. The molecule has 1 aromatic carbocycles. The molecular weight excluding hydrogens is 705 g/mol. The quantitative estimate of drug-likeness (QED) is 0.0515. The van der Waals surface area contributed by atoms with Gasteiger partial charge >= 0.3 is 12.1 Å². The van der Waals surface area contributed by atoms with Crippen LogP contribution in [0.3, 0.4) is 0 Å². The molecule has 1 N–H and O–H groups in total. The molecule has 0 bridgehead atoms. The molecule has 0 radical (unpaired) electrons. The largest absolute Gasteiger partial charge is 0.508 e. The first-order valence-corrected chi connectivity index (χ1v) is 23.1. The third kappa shape index (κ3) is 30.9. The number of carbonyl (C=O) groups is 2. The van der Waals surface area contributed by atoms with Crippen LogP contribution in [-0.2, 0) is 30.3 Å². The van der Waals surface area contributed by atoms with Gasteiger partial charge in [0.2, 0.25) is 0 Å². The lowest BCUT2D eigenvalue weighted by Gasteiger charge is -2.27. The number of nitrogens with zero attached hydrogens (tertiary/aromatic N) is 2. The van der Waals surface area contributed by atoms with E-state index < -0.39 is 6.16 Å². The number of esters is 1. The van der Waals surface area contributed by atoms with E-state index >= 15 is 0 Å². The highest BCUT2D eigenvalue weighted by Crippen LogP contribution is 2.20.